The van der Waals surface area contributed by atoms with Gasteiger partial charge in [-0.1, -0.05) is 23.7 Å². The van der Waals surface area contributed by atoms with E-state index >= 15 is 0 Å². The van der Waals surface area contributed by atoms with E-state index in [-0.39, 0.29) is 11.6 Å². The number of nitrogens with one attached hydrogen (secondary N) is 1. The Kier molecular flexibility index (Phi) is 4.95. The smallest absolute Gasteiger partial charge is 0.290 e. The molecule has 0 spiro atoms. The second kappa shape index (κ2) is 6.90. The third-order valence-corrected chi connectivity index (χ3v) is 2.97. The molecule has 0 aliphatic carbocycles. The number of methoxy groups -OCH3 is 1. The first-order valence-electron chi connectivity index (χ1n) is 6.16. The van der Waals surface area contributed by atoms with Crippen LogP contribution in [0.1, 0.15) is 5.56 Å². The highest BCUT2D eigenvalue weighted by molar-refractivity contribution is 6.30. The monoisotopic (exact) mass is 305 g/mol. The van der Waals surface area contributed by atoms with E-state index in [9.17, 15) is 9.18 Å². The van der Waals surface area contributed by atoms with Crippen LogP contribution in [0.2, 0.25) is 5.02 Å². The van der Waals surface area contributed by atoms with E-state index in [1.54, 1.807) is 36.4 Å². The van der Waals surface area contributed by atoms with Crippen molar-refractivity contribution in [2.75, 3.05) is 12.4 Å². The van der Waals surface area contributed by atoms with Crippen molar-refractivity contribution in [1.29, 1.82) is 0 Å². The van der Waals surface area contributed by atoms with Crippen LogP contribution >= 0.6 is 11.6 Å². The van der Waals surface area contributed by atoms with Crippen molar-refractivity contribution >= 4 is 29.3 Å². The normalized spacial score (nSPS) is 11.1. The summed E-state index contributed by atoms with van der Waals surface area (Å²) in [5.41, 5.74) is 1.27. The largest absolute Gasteiger partial charge is 0.491 e. The minimum atomic E-state index is -0.399. The van der Waals surface area contributed by atoms with Gasteiger partial charge in [-0.3, -0.25) is 4.79 Å². The number of carbonyl (C=O) groups excluding carboxylic acids is 1. The summed E-state index contributed by atoms with van der Waals surface area (Å²) in [5.74, 6) is -0.613. The summed E-state index contributed by atoms with van der Waals surface area (Å²) in [6, 6.07) is 12.5. The van der Waals surface area contributed by atoms with E-state index in [1.165, 1.54) is 25.3 Å². The molecule has 0 fully saturated rings. The Hall–Kier alpha value is -2.33. The quantitative estimate of drug-likeness (QED) is 0.682. The SMILES string of the molecule is CO/C(=C\c1ccc(F)cc1)C(=O)Nc1ccc(Cl)cc1. The predicted octanol–water partition coefficient (Wildman–Crippen LogP) is 4.11. The molecule has 108 valence electrons. The highest BCUT2D eigenvalue weighted by Crippen LogP contribution is 2.15. The number of hydrogen-bond acceptors (Lipinski definition) is 2. The summed E-state index contributed by atoms with van der Waals surface area (Å²) in [6.07, 6.45) is 1.53. The van der Waals surface area contributed by atoms with E-state index in [0.29, 0.717) is 16.3 Å². The van der Waals surface area contributed by atoms with Crippen LogP contribution in [0.3, 0.4) is 0 Å². The fourth-order valence-electron chi connectivity index (χ4n) is 1.65. The number of hydrogen-bond donors (Lipinski definition) is 1. The van der Waals surface area contributed by atoms with Gasteiger partial charge in [0.15, 0.2) is 5.76 Å². The molecule has 0 unspecified atom stereocenters. The van der Waals surface area contributed by atoms with Gasteiger partial charge in [-0.05, 0) is 48.0 Å². The molecule has 2 aromatic carbocycles. The van der Waals surface area contributed by atoms with Crippen molar-refractivity contribution in [3.63, 3.8) is 0 Å². The second-order valence-electron chi connectivity index (χ2n) is 4.23. The lowest BCUT2D eigenvalue weighted by molar-refractivity contribution is -0.115. The first-order chi connectivity index (χ1) is 10.1. The van der Waals surface area contributed by atoms with Gasteiger partial charge in [0.25, 0.3) is 5.91 Å². The highest BCUT2D eigenvalue weighted by Gasteiger charge is 2.10. The molecule has 0 radical (unpaired) electrons. The minimum Gasteiger partial charge on any atom is -0.491 e. The molecule has 2 rings (SSSR count). The number of rotatable bonds is 4. The van der Waals surface area contributed by atoms with E-state index in [4.69, 9.17) is 16.3 Å². The van der Waals surface area contributed by atoms with Crippen LogP contribution in [-0.2, 0) is 9.53 Å². The molecule has 5 heteroatoms. The third kappa shape index (κ3) is 4.33. The van der Waals surface area contributed by atoms with Crippen molar-refractivity contribution in [2.45, 2.75) is 0 Å². The second-order valence-corrected chi connectivity index (χ2v) is 4.66. The van der Waals surface area contributed by atoms with E-state index in [1.807, 2.05) is 0 Å². The third-order valence-electron chi connectivity index (χ3n) is 2.71. The molecular weight excluding hydrogens is 293 g/mol. The van der Waals surface area contributed by atoms with Crippen LogP contribution in [0.15, 0.2) is 54.3 Å². The van der Waals surface area contributed by atoms with Gasteiger partial charge in [0, 0.05) is 10.7 Å². The Bertz CT molecular complexity index is 651. The van der Waals surface area contributed by atoms with Gasteiger partial charge < -0.3 is 10.1 Å². The summed E-state index contributed by atoms with van der Waals surface area (Å²) in [5, 5.41) is 3.27. The number of carbonyl (C=O) groups is 1. The lowest BCUT2D eigenvalue weighted by atomic mass is 10.2. The molecule has 0 heterocycles. The van der Waals surface area contributed by atoms with Gasteiger partial charge in [-0.2, -0.15) is 0 Å². The Morgan fingerprint density at radius 1 is 1.14 bits per heavy atom. The Balaban J connectivity index is 2.14. The first-order valence-corrected chi connectivity index (χ1v) is 6.54. The summed E-state index contributed by atoms with van der Waals surface area (Å²) in [7, 11) is 1.40. The summed E-state index contributed by atoms with van der Waals surface area (Å²) in [4.78, 5) is 12.1. The fourth-order valence-corrected chi connectivity index (χ4v) is 1.78. The Morgan fingerprint density at radius 3 is 2.33 bits per heavy atom. The summed E-state index contributed by atoms with van der Waals surface area (Å²) >= 11 is 5.78. The van der Waals surface area contributed by atoms with Crippen molar-refractivity contribution in [3.05, 3.63) is 70.7 Å². The molecule has 0 aromatic heterocycles. The zero-order valence-electron chi connectivity index (χ0n) is 11.3. The molecule has 0 saturated carbocycles. The average molecular weight is 306 g/mol. The molecule has 0 saturated heterocycles. The summed E-state index contributed by atoms with van der Waals surface area (Å²) in [6.45, 7) is 0. The number of halogens is 2. The maximum Gasteiger partial charge on any atom is 0.290 e. The molecule has 0 bridgehead atoms. The molecule has 0 aliphatic heterocycles. The van der Waals surface area contributed by atoms with Gasteiger partial charge in [0.1, 0.15) is 5.82 Å². The van der Waals surface area contributed by atoms with Crippen molar-refractivity contribution in [1.82, 2.24) is 0 Å². The van der Waals surface area contributed by atoms with Gasteiger partial charge in [-0.15, -0.1) is 0 Å². The standard InChI is InChI=1S/C16H13ClFNO2/c1-21-15(10-11-2-6-13(18)7-3-11)16(20)19-14-8-4-12(17)5-9-14/h2-10H,1H3,(H,19,20)/b15-10-. The molecule has 21 heavy (non-hydrogen) atoms. The zero-order chi connectivity index (χ0) is 15.2. The molecular formula is C16H13ClFNO2. The maximum atomic E-state index is 12.8. The van der Waals surface area contributed by atoms with Crippen molar-refractivity contribution < 1.29 is 13.9 Å². The van der Waals surface area contributed by atoms with E-state index in [2.05, 4.69) is 5.32 Å². The molecule has 2 aromatic rings. The summed E-state index contributed by atoms with van der Waals surface area (Å²) < 4.78 is 17.9. The first kappa shape index (κ1) is 15.1. The number of anilines is 1. The van der Waals surface area contributed by atoms with Gasteiger partial charge >= 0.3 is 0 Å². The number of ether oxygens (including phenoxy) is 1. The Labute approximate surface area is 127 Å². The topological polar surface area (TPSA) is 38.3 Å². The number of amides is 1. The van der Waals surface area contributed by atoms with Crippen LogP contribution in [-0.4, -0.2) is 13.0 Å². The average Bonchev–Trinajstić information content (AvgIpc) is 2.49. The number of benzene rings is 2. The molecule has 0 aliphatic rings. The van der Waals surface area contributed by atoms with Crippen LogP contribution in [0.25, 0.3) is 6.08 Å². The van der Waals surface area contributed by atoms with E-state index < -0.39 is 5.91 Å². The maximum absolute atomic E-state index is 12.8. The highest BCUT2D eigenvalue weighted by atomic mass is 35.5. The minimum absolute atomic E-state index is 0.122. The molecule has 1 amide bonds. The van der Waals surface area contributed by atoms with Crippen molar-refractivity contribution in [3.8, 4) is 0 Å². The molecule has 0 atom stereocenters. The molecule has 3 nitrogen and oxygen atoms in total. The lowest BCUT2D eigenvalue weighted by Crippen LogP contribution is -2.15. The Morgan fingerprint density at radius 2 is 1.76 bits per heavy atom. The fraction of sp³-hybridized carbons (Fsp3) is 0.0625. The lowest BCUT2D eigenvalue weighted by Gasteiger charge is -2.08. The van der Waals surface area contributed by atoms with Crippen LogP contribution in [0, 0.1) is 5.82 Å². The predicted molar refractivity (Wildman–Crippen MR) is 81.5 cm³/mol. The van der Waals surface area contributed by atoms with Crippen LogP contribution < -0.4 is 5.32 Å². The van der Waals surface area contributed by atoms with Crippen LogP contribution in [0.4, 0.5) is 10.1 Å². The van der Waals surface area contributed by atoms with Gasteiger partial charge in [0.05, 0.1) is 7.11 Å². The molecule has 1 N–H and O–H groups in total. The van der Waals surface area contributed by atoms with E-state index in [0.717, 1.165) is 0 Å². The van der Waals surface area contributed by atoms with Crippen molar-refractivity contribution in [2.24, 2.45) is 0 Å². The van der Waals surface area contributed by atoms with Gasteiger partial charge in [-0.25, -0.2) is 4.39 Å². The van der Waals surface area contributed by atoms with Gasteiger partial charge in [0.2, 0.25) is 0 Å². The zero-order valence-corrected chi connectivity index (χ0v) is 12.0. The van der Waals surface area contributed by atoms with Crippen LogP contribution in [0.5, 0.6) is 0 Å².